The molecule has 1 aliphatic carbocycles. The Balaban J connectivity index is 1.06. The topological polar surface area (TPSA) is 143 Å². The van der Waals surface area contributed by atoms with Crippen molar-refractivity contribution < 1.29 is 24.4 Å². The van der Waals surface area contributed by atoms with Gasteiger partial charge in [0.1, 0.15) is 11.8 Å². The van der Waals surface area contributed by atoms with Crippen molar-refractivity contribution in [2.75, 3.05) is 19.0 Å². The number of aliphatic hydroxyl groups is 1. The maximum Gasteiger partial charge on any atom is 0.269 e. The summed E-state index contributed by atoms with van der Waals surface area (Å²) in [6.45, 7) is 0.464. The molecule has 8 rings (SSSR count). The Morgan fingerprint density at radius 1 is 0.667 bits per heavy atom. The van der Waals surface area contributed by atoms with Crippen molar-refractivity contribution in [3.63, 3.8) is 0 Å². The van der Waals surface area contributed by atoms with E-state index in [1.165, 1.54) is 12.1 Å². The zero-order valence-electron chi connectivity index (χ0n) is 36.9. The van der Waals surface area contributed by atoms with Crippen LogP contribution < -0.4 is 20.7 Å². The molecule has 0 bridgehead atoms. The number of methoxy groups -OCH3 is 1. The van der Waals surface area contributed by atoms with Crippen LogP contribution in [0.4, 0.5) is 11.4 Å². The number of carbonyl (C=O) groups excluding carboxylic acids is 2. The summed E-state index contributed by atoms with van der Waals surface area (Å²) in [5.74, 6) is -0.513. The van der Waals surface area contributed by atoms with E-state index >= 15 is 0 Å². The van der Waals surface area contributed by atoms with Crippen LogP contribution in [0.1, 0.15) is 70.5 Å². The number of carbonyl (C=O) groups is 2. The highest BCUT2D eigenvalue weighted by atomic mass is 16.6. The smallest absolute Gasteiger partial charge is 0.269 e. The van der Waals surface area contributed by atoms with E-state index in [0.717, 1.165) is 50.3 Å². The lowest BCUT2D eigenvalue weighted by Crippen LogP contribution is -2.47. The molecule has 0 unspecified atom stereocenters. The van der Waals surface area contributed by atoms with Gasteiger partial charge in [0.25, 0.3) is 5.69 Å². The largest absolute Gasteiger partial charge is 0.497 e. The number of nitrogens with zero attached hydrogens (tertiary/aromatic N) is 1. The fourth-order valence-corrected chi connectivity index (χ4v) is 9.37. The fraction of sp³-hybridized carbons (Fsp3) is 0.214. The number of non-ortho nitro benzene ring substituents is 1. The second-order valence-corrected chi connectivity index (χ2v) is 16.8. The minimum atomic E-state index is -0.882. The predicted molar refractivity (Wildman–Crippen MR) is 259 cm³/mol. The highest BCUT2D eigenvalue weighted by molar-refractivity contribution is 5.97. The first-order chi connectivity index (χ1) is 32.3. The Hall–Kier alpha value is -7.40. The van der Waals surface area contributed by atoms with Crippen LogP contribution in [0.25, 0.3) is 11.1 Å². The zero-order valence-corrected chi connectivity index (χ0v) is 36.9. The van der Waals surface area contributed by atoms with Gasteiger partial charge in [-0.1, -0.05) is 146 Å². The Kier molecular flexibility index (Phi) is 14.4. The van der Waals surface area contributed by atoms with Gasteiger partial charge >= 0.3 is 0 Å². The molecule has 334 valence electrons. The first kappa shape index (κ1) is 45.2. The number of anilines is 1. The summed E-state index contributed by atoms with van der Waals surface area (Å²) in [5.41, 5.74) is 9.08. The first-order valence-corrected chi connectivity index (χ1v) is 22.5. The number of fused-ring (bicyclic) bond motifs is 3. The molecule has 0 aromatic heterocycles. The monoisotopic (exact) mass is 878 g/mol. The fourth-order valence-electron chi connectivity index (χ4n) is 9.37. The zero-order chi connectivity index (χ0) is 45.9. The molecule has 0 saturated heterocycles. The molecule has 2 atom stereocenters. The van der Waals surface area contributed by atoms with Crippen molar-refractivity contribution in [2.45, 2.75) is 56.2 Å². The summed E-state index contributed by atoms with van der Waals surface area (Å²) >= 11 is 0. The van der Waals surface area contributed by atoms with Crippen LogP contribution in [0, 0.1) is 16.0 Å². The number of aliphatic hydroxyl groups excluding tert-OH is 1. The van der Waals surface area contributed by atoms with Crippen LogP contribution in [0.5, 0.6) is 5.75 Å². The average Bonchev–Trinajstić information content (AvgIpc) is 3.68. The Morgan fingerprint density at radius 2 is 1.21 bits per heavy atom. The van der Waals surface area contributed by atoms with Crippen LogP contribution >= 0.6 is 0 Å². The molecule has 0 spiro atoms. The van der Waals surface area contributed by atoms with Crippen LogP contribution in [-0.4, -0.2) is 41.5 Å². The minimum Gasteiger partial charge on any atom is -0.497 e. The third-order valence-electron chi connectivity index (χ3n) is 12.8. The standard InChI is InChI=1S/C56H54N4O6/c1-66-47-33-27-44(28-34-47)56(42-14-4-2-5-15-42,43-16-6-3-7-17-43)57-35-13-12-22-53(55(63)58-45-29-23-40(38-61)24-30-45)59-54(62)41(36-39-25-31-46(32-26-39)60(64)65)37-52-50-20-10-8-18-48(50)49-19-9-11-21-51(49)52/h2-11,14-21,23-34,41,52-53,57,61H,12-13,22,35-38H2,1H3,(H,58,63)(H,59,62)/t41-,53+/m1/s1. The van der Waals surface area contributed by atoms with Crippen molar-refractivity contribution in [2.24, 2.45) is 5.92 Å². The predicted octanol–water partition coefficient (Wildman–Crippen LogP) is 10.3. The lowest BCUT2D eigenvalue weighted by molar-refractivity contribution is -0.384. The van der Waals surface area contributed by atoms with Gasteiger partial charge in [-0.15, -0.1) is 0 Å². The van der Waals surface area contributed by atoms with E-state index in [0.29, 0.717) is 49.9 Å². The molecule has 7 aromatic rings. The number of nitrogens with one attached hydrogen (secondary N) is 3. The van der Waals surface area contributed by atoms with Gasteiger partial charge in [0.05, 0.1) is 24.2 Å². The summed E-state index contributed by atoms with van der Waals surface area (Å²) in [4.78, 5) is 40.3. The number of ether oxygens (including phenoxy) is 1. The second-order valence-electron chi connectivity index (χ2n) is 16.8. The van der Waals surface area contributed by atoms with Crippen LogP contribution in [-0.2, 0) is 28.2 Å². The van der Waals surface area contributed by atoms with Gasteiger partial charge < -0.3 is 20.5 Å². The highest BCUT2D eigenvalue weighted by Gasteiger charge is 2.37. The maximum absolute atomic E-state index is 14.9. The molecule has 2 amide bonds. The minimum absolute atomic E-state index is 0.0228. The SMILES string of the molecule is COc1ccc(C(NCCCC[C@H](NC(=O)[C@H](Cc2ccc([N+](=O)[O-])cc2)CC2c3ccccc3-c3ccccc32)C(=O)Nc2ccc(CO)cc2)(c2ccccc2)c2ccccc2)cc1. The molecule has 0 fully saturated rings. The van der Waals surface area contributed by atoms with E-state index in [1.807, 2.05) is 72.8 Å². The van der Waals surface area contributed by atoms with E-state index in [4.69, 9.17) is 4.74 Å². The van der Waals surface area contributed by atoms with Crippen molar-refractivity contribution >= 4 is 23.2 Å². The van der Waals surface area contributed by atoms with Crippen LogP contribution in [0.2, 0.25) is 0 Å². The molecule has 66 heavy (non-hydrogen) atoms. The summed E-state index contributed by atoms with van der Waals surface area (Å²) in [6.07, 6.45) is 2.43. The number of hydrogen-bond donors (Lipinski definition) is 4. The highest BCUT2D eigenvalue weighted by Crippen LogP contribution is 2.47. The lowest BCUT2D eigenvalue weighted by atomic mass is 9.77. The number of hydrogen-bond acceptors (Lipinski definition) is 7. The lowest BCUT2D eigenvalue weighted by Gasteiger charge is -2.37. The Bertz CT molecular complexity index is 2640. The summed E-state index contributed by atoms with van der Waals surface area (Å²) in [5, 5.41) is 31.3. The molecule has 10 nitrogen and oxygen atoms in total. The van der Waals surface area contributed by atoms with E-state index in [9.17, 15) is 24.8 Å². The summed E-state index contributed by atoms with van der Waals surface area (Å²) in [7, 11) is 1.66. The molecule has 0 radical (unpaired) electrons. The molecular weight excluding hydrogens is 825 g/mol. The number of nitro groups is 1. The third kappa shape index (κ3) is 10.1. The molecule has 0 aliphatic heterocycles. The van der Waals surface area contributed by atoms with Gasteiger partial charge in [0.2, 0.25) is 11.8 Å². The number of unbranched alkanes of at least 4 members (excludes halogenated alkanes) is 1. The molecule has 0 saturated carbocycles. The van der Waals surface area contributed by atoms with E-state index < -0.39 is 22.4 Å². The van der Waals surface area contributed by atoms with E-state index in [1.54, 1.807) is 43.5 Å². The normalized spacial score (nSPS) is 12.9. The molecule has 10 heteroatoms. The molecule has 7 aromatic carbocycles. The van der Waals surface area contributed by atoms with E-state index in [2.05, 4.69) is 76.6 Å². The summed E-state index contributed by atoms with van der Waals surface area (Å²) in [6, 6.07) is 57.8. The van der Waals surface area contributed by atoms with Gasteiger partial charge in [0.15, 0.2) is 0 Å². The van der Waals surface area contributed by atoms with Crippen molar-refractivity contribution in [1.29, 1.82) is 0 Å². The Morgan fingerprint density at radius 3 is 1.77 bits per heavy atom. The van der Waals surface area contributed by atoms with Gasteiger partial charge in [-0.3, -0.25) is 25.0 Å². The Labute approximate surface area is 385 Å². The van der Waals surface area contributed by atoms with Gasteiger partial charge in [-0.05, 0) is 113 Å². The first-order valence-electron chi connectivity index (χ1n) is 22.5. The van der Waals surface area contributed by atoms with Crippen LogP contribution in [0.15, 0.2) is 182 Å². The number of rotatable bonds is 20. The molecule has 1 aliphatic rings. The molecular formula is C56H54N4O6. The molecule has 0 heterocycles. The van der Waals surface area contributed by atoms with Crippen molar-refractivity contribution in [3.05, 3.63) is 231 Å². The number of benzene rings is 7. The third-order valence-corrected chi connectivity index (χ3v) is 12.8. The molecule has 4 N–H and O–H groups in total. The maximum atomic E-state index is 14.9. The number of nitro benzene ring substituents is 1. The van der Waals surface area contributed by atoms with Crippen LogP contribution in [0.3, 0.4) is 0 Å². The van der Waals surface area contributed by atoms with Gasteiger partial charge in [-0.25, -0.2) is 0 Å². The second kappa shape index (κ2) is 21.1. The number of amides is 2. The van der Waals surface area contributed by atoms with E-state index in [-0.39, 0.29) is 30.0 Å². The van der Waals surface area contributed by atoms with Gasteiger partial charge in [0, 0.05) is 29.7 Å². The van der Waals surface area contributed by atoms with Crippen molar-refractivity contribution in [3.8, 4) is 16.9 Å². The van der Waals surface area contributed by atoms with Gasteiger partial charge in [-0.2, -0.15) is 0 Å². The summed E-state index contributed by atoms with van der Waals surface area (Å²) < 4.78 is 5.53. The quantitative estimate of drug-likeness (QED) is 0.0258. The average molecular weight is 879 g/mol. The van der Waals surface area contributed by atoms with Crippen molar-refractivity contribution in [1.82, 2.24) is 10.6 Å².